The molecule has 6 rings (SSSR count). The van der Waals surface area contributed by atoms with Crippen molar-refractivity contribution in [1.82, 2.24) is 14.8 Å². The molecule has 2 aliphatic heterocycles. The molecule has 0 radical (unpaired) electrons. The monoisotopic (exact) mass is 513 g/mol. The first-order valence-corrected chi connectivity index (χ1v) is 12.5. The lowest BCUT2D eigenvalue weighted by molar-refractivity contribution is -0.141. The lowest BCUT2D eigenvalue weighted by atomic mass is 9.87. The molecule has 1 aliphatic carbocycles. The van der Waals surface area contributed by atoms with Gasteiger partial charge in [0.15, 0.2) is 0 Å². The molecular weight excluding hydrogens is 487 g/mol. The number of hydrogen-bond donors (Lipinski definition) is 1. The normalized spacial score (nSPS) is 25.5. The number of amides is 1. The summed E-state index contributed by atoms with van der Waals surface area (Å²) in [7, 11) is 0. The maximum absolute atomic E-state index is 13.1. The molecule has 0 unspecified atom stereocenters. The molecule has 8 nitrogen and oxygen atoms in total. The zero-order chi connectivity index (χ0) is 25.7. The summed E-state index contributed by atoms with van der Waals surface area (Å²) in [6, 6.07) is 7.38. The summed E-state index contributed by atoms with van der Waals surface area (Å²) < 4.78 is 47.1. The van der Waals surface area contributed by atoms with E-state index in [1.165, 1.54) is 12.1 Å². The van der Waals surface area contributed by atoms with E-state index >= 15 is 0 Å². The van der Waals surface area contributed by atoms with Crippen LogP contribution in [0.1, 0.15) is 54.3 Å². The van der Waals surface area contributed by atoms with Crippen molar-refractivity contribution in [3.8, 4) is 0 Å². The van der Waals surface area contributed by atoms with E-state index in [0.717, 1.165) is 61.0 Å². The zero-order valence-electron chi connectivity index (χ0n) is 19.9. The van der Waals surface area contributed by atoms with Crippen LogP contribution in [0.3, 0.4) is 0 Å². The highest BCUT2D eigenvalue weighted by molar-refractivity contribution is 6.06. The Morgan fingerprint density at radius 3 is 2.62 bits per heavy atom. The van der Waals surface area contributed by atoms with Gasteiger partial charge in [0.25, 0.3) is 5.91 Å². The molecule has 2 aromatic heterocycles. The number of carbonyl (C=O) groups is 2. The Bertz CT molecular complexity index is 1350. The summed E-state index contributed by atoms with van der Waals surface area (Å²) in [4.78, 5) is 29.9. The minimum Gasteiger partial charge on any atom is -0.374 e. The van der Waals surface area contributed by atoms with Gasteiger partial charge >= 0.3 is 6.18 Å². The van der Waals surface area contributed by atoms with Crippen molar-refractivity contribution in [3.05, 3.63) is 47.9 Å². The highest BCUT2D eigenvalue weighted by atomic mass is 19.4. The second-order valence-corrected chi connectivity index (χ2v) is 10.1. The molecule has 1 saturated carbocycles. The Balaban J connectivity index is 1.34. The number of ether oxygens (including phenoxy) is 1. The number of carbonyl (C=O) groups excluding carboxylic acids is 2. The molecule has 194 valence electrons. The number of nitrogens with zero attached hydrogens (tertiary/aromatic N) is 4. The number of pyridine rings is 1. The SMILES string of the molecule is O=CC1CCC(n2cc3cc(NC(=O)c4cccc(C(F)(F)F)n4)c(N4C[C@H]5C[C@@H]4CO5)cc3n2)CC1. The Hall–Kier alpha value is -3.47. The van der Waals surface area contributed by atoms with E-state index in [2.05, 4.69) is 15.2 Å². The van der Waals surface area contributed by atoms with Crippen LogP contribution in [-0.4, -0.2) is 52.3 Å². The van der Waals surface area contributed by atoms with Crippen molar-refractivity contribution in [2.45, 2.75) is 56.5 Å². The third-order valence-corrected chi connectivity index (χ3v) is 7.68. The van der Waals surface area contributed by atoms with Crippen molar-refractivity contribution in [2.24, 2.45) is 5.92 Å². The number of aromatic nitrogens is 3. The van der Waals surface area contributed by atoms with E-state index < -0.39 is 17.8 Å². The number of halogens is 3. The second-order valence-electron chi connectivity index (χ2n) is 10.1. The molecule has 1 amide bonds. The van der Waals surface area contributed by atoms with Gasteiger partial charge in [0.05, 0.1) is 41.7 Å². The van der Waals surface area contributed by atoms with E-state index in [0.29, 0.717) is 18.8 Å². The Labute approximate surface area is 210 Å². The van der Waals surface area contributed by atoms with E-state index in [1.54, 1.807) is 0 Å². The molecule has 2 atom stereocenters. The van der Waals surface area contributed by atoms with Crippen molar-refractivity contribution in [1.29, 1.82) is 0 Å². The van der Waals surface area contributed by atoms with Crippen molar-refractivity contribution in [3.63, 3.8) is 0 Å². The number of hydrogen-bond acceptors (Lipinski definition) is 6. The van der Waals surface area contributed by atoms with Gasteiger partial charge in [0.1, 0.15) is 17.7 Å². The minimum atomic E-state index is -4.64. The minimum absolute atomic E-state index is 0.104. The van der Waals surface area contributed by atoms with Crippen LogP contribution in [0, 0.1) is 5.92 Å². The van der Waals surface area contributed by atoms with Gasteiger partial charge in [0, 0.05) is 24.0 Å². The smallest absolute Gasteiger partial charge is 0.374 e. The quantitative estimate of drug-likeness (QED) is 0.502. The fourth-order valence-electron chi connectivity index (χ4n) is 5.71. The largest absolute Gasteiger partial charge is 0.433 e. The number of benzene rings is 1. The number of rotatable bonds is 5. The molecule has 37 heavy (non-hydrogen) atoms. The summed E-state index contributed by atoms with van der Waals surface area (Å²) in [6.45, 7) is 1.25. The van der Waals surface area contributed by atoms with Gasteiger partial charge < -0.3 is 19.7 Å². The molecule has 3 fully saturated rings. The fraction of sp³-hybridized carbons (Fsp3) is 0.462. The summed E-state index contributed by atoms with van der Waals surface area (Å²) in [5.41, 5.74) is 0.601. The predicted octanol–water partition coefficient (Wildman–Crippen LogP) is 4.61. The van der Waals surface area contributed by atoms with Crippen LogP contribution in [0.25, 0.3) is 10.9 Å². The fourth-order valence-corrected chi connectivity index (χ4v) is 5.71. The maximum atomic E-state index is 13.1. The van der Waals surface area contributed by atoms with Crippen LogP contribution in [0.15, 0.2) is 36.5 Å². The van der Waals surface area contributed by atoms with Crippen LogP contribution in [0.5, 0.6) is 0 Å². The van der Waals surface area contributed by atoms with Crippen LogP contribution in [0.2, 0.25) is 0 Å². The molecule has 11 heteroatoms. The van der Waals surface area contributed by atoms with E-state index in [1.807, 2.05) is 23.0 Å². The highest BCUT2D eigenvalue weighted by Crippen LogP contribution is 2.40. The lowest BCUT2D eigenvalue weighted by Gasteiger charge is -2.30. The predicted molar refractivity (Wildman–Crippen MR) is 129 cm³/mol. The van der Waals surface area contributed by atoms with Crippen LogP contribution >= 0.6 is 0 Å². The van der Waals surface area contributed by atoms with Crippen LogP contribution in [0.4, 0.5) is 24.5 Å². The second kappa shape index (κ2) is 9.13. The van der Waals surface area contributed by atoms with E-state index in [-0.39, 0.29) is 29.8 Å². The first-order valence-electron chi connectivity index (χ1n) is 12.5. The highest BCUT2D eigenvalue weighted by Gasteiger charge is 2.40. The van der Waals surface area contributed by atoms with Gasteiger partial charge in [-0.2, -0.15) is 18.3 Å². The molecular formula is C26H26F3N5O3. The van der Waals surface area contributed by atoms with Gasteiger partial charge in [-0.1, -0.05) is 6.07 Å². The summed E-state index contributed by atoms with van der Waals surface area (Å²) in [5, 5.41) is 8.44. The zero-order valence-corrected chi connectivity index (χ0v) is 19.9. The molecule has 1 aromatic carbocycles. The number of nitrogens with one attached hydrogen (secondary N) is 1. The van der Waals surface area contributed by atoms with Crippen molar-refractivity contribution in [2.75, 3.05) is 23.4 Å². The van der Waals surface area contributed by atoms with Gasteiger partial charge in [-0.05, 0) is 56.4 Å². The molecule has 3 aromatic rings. The number of morpholine rings is 1. The van der Waals surface area contributed by atoms with Crippen LogP contribution in [-0.2, 0) is 15.7 Å². The molecule has 2 bridgehead atoms. The topological polar surface area (TPSA) is 89.4 Å². The average molecular weight is 514 g/mol. The van der Waals surface area contributed by atoms with Crippen molar-refractivity contribution >= 4 is 34.5 Å². The number of aldehydes is 1. The lowest BCUT2D eigenvalue weighted by Crippen LogP contribution is -2.37. The standard InChI is InChI=1S/C26H26F3N5O3/c27-26(28,29)24-3-1-2-20(30-24)25(36)31-22-8-16-11-34(17-6-4-15(13-35)5-7-17)32-21(16)10-23(22)33-12-19-9-18(33)14-37-19/h1-3,8,10-11,13,15,17-19H,4-7,9,12,14H2,(H,31,36)/t15?,17?,18-,19-/m1/s1. The van der Waals surface area contributed by atoms with Gasteiger partial charge in [-0.3, -0.25) is 9.48 Å². The number of fused-ring (bicyclic) bond motifs is 3. The number of alkyl halides is 3. The summed E-state index contributed by atoms with van der Waals surface area (Å²) in [6.07, 6.45) is 2.70. The first-order chi connectivity index (χ1) is 17.8. The van der Waals surface area contributed by atoms with Crippen molar-refractivity contribution < 1.29 is 27.5 Å². The summed E-state index contributed by atoms with van der Waals surface area (Å²) >= 11 is 0. The van der Waals surface area contributed by atoms with E-state index in [4.69, 9.17) is 9.84 Å². The Morgan fingerprint density at radius 1 is 1.14 bits per heavy atom. The maximum Gasteiger partial charge on any atom is 0.433 e. The molecule has 0 spiro atoms. The molecule has 1 N–H and O–H groups in total. The Morgan fingerprint density at radius 2 is 1.95 bits per heavy atom. The first kappa shape index (κ1) is 23.9. The molecule has 2 saturated heterocycles. The Kier molecular flexibility index (Phi) is 5.89. The third-order valence-electron chi connectivity index (χ3n) is 7.68. The molecule has 3 aliphatic rings. The number of anilines is 2. The van der Waals surface area contributed by atoms with Gasteiger partial charge in [-0.15, -0.1) is 0 Å². The van der Waals surface area contributed by atoms with Gasteiger partial charge in [0.2, 0.25) is 0 Å². The molecule has 4 heterocycles. The third kappa shape index (κ3) is 4.56. The van der Waals surface area contributed by atoms with Crippen LogP contribution < -0.4 is 10.2 Å². The average Bonchev–Trinajstić information content (AvgIpc) is 3.63. The summed E-state index contributed by atoms with van der Waals surface area (Å²) in [5.74, 6) is -0.612. The van der Waals surface area contributed by atoms with Gasteiger partial charge in [-0.25, -0.2) is 4.98 Å². The van der Waals surface area contributed by atoms with E-state index in [9.17, 15) is 22.8 Å².